The number of carboxylic acids is 1. The number of rotatable bonds is 5. The number of amides is 2. The van der Waals surface area contributed by atoms with E-state index in [0.29, 0.717) is 11.3 Å². The molecule has 1 aliphatic rings. The number of methoxy groups -OCH3 is 1. The molecule has 1 saturated heterocycles. The molecule has 0 unspecified atom stereocenters. The average molecular weight is 414 g/mol. The fourth-order valence-electron chi connectivity index (χ4n) is 3.13. The molecule has 9 heteroatoms. The van der Waals surface area contributed by atoms with Gasteiger partial charge in [0.15, 0.2) is 0 Å². The summed E-state index contributed by atoms with van der Waals surface area (Å²) in [6.07, 6.45) is 1.57. The van der Waals surface area contributed by atoms with Gasteiger partial charge in [-0.15, -0.1) is 0 Å². The van der Waals surface area contributed by atoms with Gasteiger partial charge in [0.2, 0.25) is 0 Å². The van der Waals surface area contributed by atoms with Crippen LogP contribution in [-0.2, 0) is 14.3 Å². The molecule has 1 fully saturated rings. The van der Waals surface area contributed by atoms with Crippen molar-refractivity contribution in [3.05, 3.63) is 57.8 Å². The van der Waals surface area contributed by atoms with Crippen LogP contribution in [0.25, 0.3) is 11.8 Å². The minimum atomic E-state index is -1.04. The van der Waals surface area contributed by atoms with E-state index in [-0.39, 0.29) is 10.5 Å². The molecule has 150 valence electrons. The first kappa shape index (κ1) is 20.4. The molecular formula is C20H18N2O6S. The largest absolute Gasteiger partial charge is 0.478 e. The van der Waals surface area contributed by atoms with Gasteiger partial charge in [-0.2, -0.15) is 0 Å². The fourth-order valence-corrected chi connectivity index (χ4v) is 3.95. The Bertz CT molecular complexity index is 1070. The second-order valence-corrected chi connectivity index (χ2v) is 7.32. The smallest absolute Gasteiger partial charge is 0.337 e. The number of nitrogens with zero attached hydrogens (tertiary/aromatic N) is 2. The van der Waals surface area contributed by atoms with Gasteiger partial charge in [0.05, 0.1) is 23.3 Å². The Balaban J connectivity index is 2.00. The van der Waals surface area contributed by atoms with Gasteiger partial charge in [0.25, 0.3) is 11.1 Å². The number of benzene rings is 1. The van der Waals surface area contributed by atoms with Gasteiger partial charge in [0, 0.05) is 11.4 Å². The number of ether oxygens (including phenoxy) is 1. The maximum atomic E-state index is 12.5. The predicted molar refractivity (Wildman–Crippen MR) is 107 cm³/mol. The van der Waals surface area contributed by atoms with Crippen LogP contribution in [0.3, 0.4) is 0 Å². The third-order valence-electron chi connectivity index (χ3n) is 4.52. The number of hydrogen-bond acceptors (Lipinski definition) is 6. The first-order valence-electron chi connectivity index (χ1n) is 8.58. The lowest BCUT2D eigenvalue weighted by Gasteiger charge is -2.12. The molecule has 0 saturated carbocycles. The molecule has 1 aromatic heterocycles. The molecule has 3 rings (SSSR count). The van der Waals surface area contributed by atoms with E-state index in [1.807, 2.05) is 13.0 Å². The Kier molecular flexibility index (Phi) is 5.60. The van der Waals surface area contributed by atoms with Gasteiger partial charge in [-0.1, -0.05) is 12.1 Å². The SMILES string of the molecule is COC(=O)CN1C(=O)S/C(=C/c2cc(C)n(-c3ccccc3C(=O)O)c2C)C1=O. The predicted octanol–water partition coefficient (Wildman–Crippen LogP) is 3.00. The van der Waals surface area contributed by atoms with Crippen molar-refractivity contribution in [3.8, 4) is 5.69 Å². The highest BCUT2D eigenvalue weighted by molar-refractivity contribution is 8.18. The number of hydrogen-bond donors (Lipinski definition) is 1. The first-order chi connectivity index (χ1) is 13.7. The van der Waals surface area contributed by atoms with Crippen LogP contribution in [0.15, 0.2) is 35.2 Å². The third kappa shape index (κ3) is 3.81. The lowest BCUT2D eigenvalue weighted by atomic mass is 10.1. The zero-order chi connectivity index (χ0) is 21.3. The molecule has 0 bridgehead atoms. The summed E-state index contributed by atoms with van der Waals surface area (Å²) in [7, 11) is 1.18. The maximum absolute atomic E-state index is 12.5. The second kappa shape index (κ2) is 7.96. The number of carboxylic acid groups (broad SMARTS) is 1. The van der Waals surface area contributed by atoms with Gasteiger partial charge in [-0.05, 0) is 55.4 Å². The highest BCUT2D eigenvalue weighted by atomic mass is 32.2. The Morgan fingerprint density at radius 2 is 1.90 bits per heavy atom. The van der Waals surface area contributed by atoms with Crippen LogP contribution in [0.2, 0.25) is 0 Å². The first-order valence-corrected chi connectivity index (χ1v) is 9.40. The van der Waals surface area contributed by atoms with Crippen molar-refractivity contribution < 1.29 is 29.0 Å². The van der Waals surface area contributed by atoms with Gasteiger partial charge in [0.1, 0.15) is 6.54 Å². The third-order valence-corrected chi connectivity index (χ3v) is 5.43. The van der Waals surface area contributed by atoms with E-state index in [9.17, 15) is 24.3 Å². The number of aryl methyl sites for hydroxylation is 1. The molecule has 2 aromatic rings. The molecule has 0 aliphatic carbocycles. The highest BCUT2D eigenvalue weighted by Gasteiger charge is 2.36. The van der Waals surface area contributed by atoms with E-state index in [2.05, 4.69) is 4.74 Å². The van der Waals surface area contributed by atoms with Gasteiger partial charge >= 0.3 is 11.9 Å². The summed E-state index contributed by atoms with van der Waals surface area (Å²) < 4.78 is 6.30. The van der Waals surface area contributed by atoms with Crippen molar-refractivity contribution >= 4 is 40.9 Å². The monoisotopic (exact) mass is 414 g/mol. The number of aromatic carboxylic acids is 1. The number of para-hydroxylation sites is 1. The summed E-state index contributed by atoms with van der Waals surface area (Å²) in [5, 5.41) is 8.93. The van der Waals surface area contributed by atoms with Crippen LogP contribution in [0.1, 0.15) is 27.3 Å². The quantitative estimate of drug-likeness (QED) is 0.592. The molecule has 29 heavy (non-hydrogen) atoms. The lowest BCUT2D eigenvalue weighted by molar-refractivity contribution is -0.143. The lowest BCUT2D eigenvalue weighted by Crippen LogP contribution is -2.34. The Morgan fingerprint density at radius 1 is 1.21 bits per heavy atom. The number of esters is 1. The van der Waals surface area contributed by atoms with Crippen LogP contribution < -0.4 is 0 Å². The van der Waals surface area contributed by atoms with Crippen LogP contribution >= 0.6 is 11.8 Å². The number of imide groups is 1. The summed E-state index contributed by atoms with van der Waals surface area (Å²) >= 11 is 0.744. The zero-order valence-electron chi connectivity index (χ0n) is 16.0. The standard InChI is InChI=1S/C20H18N2O6S/c1-11-8-13(9-16-18(24)21(20(27)29-16)10-17(23)28-3)12(2)22(11)15-7-5-4-6-14(15)19(25)26/h4-9H,10H2,1-3H3,(H,25,26)/b16-9+. The molecule has 1 aromatic carbocycles. The summed E-state index contributed by atoms with van der Waals surface area (Å²) in [4.78, 5) is 48.6. The van der Waals surface area contributed by atoms with E-state index in [1.165, 1.54) is 13.2 Å². The van der Waals surface area contributed by atoms with Crippen LogP contribution in [0.5, 0.6) is 0 Å². The van der Waals surface area contributed by atoms with Crippen LogP contribution in [0, 0.1) is 13.8 Å². The molecule has 1 aliphatic heterocycles. The minimum absolute atomic E-state index is 0.152. The van der Waals surface area contributed by atoms with Crippen molar-refractivity contribution in [2.24, 2.45) is 0 Å². The normalized spacial score (nSPS) is 15.3. The van der Waals surface area contributed by atoms with E-state index in [1.54, 1.807) is 35.8 Å². The van der Waals surface area contributed by atoms with Crippen molar-refractivity contribution in [3.63, 3.8) is 0 Å². The number of thioether (sulfide) groups is 1. The molecule has 0 radical (unpaired) electrons. The maximum Gasteiger partial charge on any atom is 0.337 e. The Labute approximate surface area is 170 Å². The van der Waals surface area contributed by atoms with E-state index < -0.39 is 29.6 Å². The molecular weight excluding hydrogens is 396 g/mol. The van der Waals surface area contributed by atoms with Gasteiger partial charge in [-0.3, -0.25) is 19.3 Å². The fraction of sp³-hybridized carbons (Fsp3) is 0.200. The Hall–Kier alpha value is -3.33. The minimum Gasteiger partial charge on any atom is -0.478 e. The molecule has 2 heterocycles. The van der Waals surface area contributed by atoms with Gasteiger partial charge < -0.3 is 14.4 Å². The van der Waals surface area contributed by atoms with E-state index in [4.69, 9.17) is 0 Å². The number of carbonyl (C=O) groups is 4. The van der Waals surface area contributed by atoms with Crippen molar-refractivity contribution in [2.45, 2.75) is 13.8 Å². The van der Waals surface area contributed by atoms with Crippen molar-refractivity contribution in [2.75, 3.05) is 13.7 Å². The molecule has 0 spiro atoms. The van der Waals surface area contributed by atoms with E-state index in [0.717, 1.165) is 28.0 Å². The highest BCUT2D eigenvalue weighted by Crippen LogP contribution is 2.34. The van der Waals surface area contributed by atoms with E-state index >= 15 is 0 Å². The van der Waals surface area contributed by atoms with Crippen LogP contribution in [-0.4, -0.2) is 51.3 Å². The number of carbonyl (C=O) groups excluding carboxylic acids is 3. The molecule has 2 amide bonds. The summed E-state index contributed by atoms with van der Waals surface area (Å²) in [6.45, 7) is 3.19. The second-order valence-electron chi connectivity index (χ2n) is 6.33. The summed E-state index contributed by atoms with van der Waals surface area (Å²) in [6, 6.07) is 8.44. The van der Waals surface area contributed by atoms with Crippen molar-refractivity contribution in [1.29, 1.82) is 0 Å². The summed E-state index contributed by atoms with van der Waals surface area (Å²) in [5.41, 5.74) is 2.83. The van der Waals surface area contributed by atoms with Gasteiger partial charge in [-0.25, -0.2) is 4.79 Å². The number of aromatic nitrogens is 1. The molecule has 0 atom stereocenters. The summed E-state index contributed by atoms with van der Waals surface area (Å²) in [5.74, 6) is -2.29. The van der Waals surface area contributed by atoms with Crippen LogP contribution in [0.4, 0.5) is 4.79 Å². The van der Waals surface area contributed by atoms with Crippen molar-refractivity contribution in [1.82, 2.24) is 9.47 Å². The molecule has 1 N–H and O–H groups in total. The average Bonchev–Trinajstić information content (AvgIpc) is 3.11. The Morgan fingerprint density at radius 3 is 2.55 bits per heavy atom. The molecule has 8 nitrogen and oxygen atoms in total. The zero-order valence-corrected chi connectivity index (χ0v) is 16.8. The topological polar surface area (TPSA) is 106 Å².